The highest BCUT2D eigenvalue weighted by molar-refractivity contribution is 4.92. The third kappa shape index (κ3) is 2.27. The molecule has 2 rings (SSSR count). The van der Waals surface area contributed by atoms with Crippen LogP contribution in [0, 0.1) is 0 Å². The molecule has 0 unspecified atom stereocenters. The highest BCUT2D eigenvalue weighted by atomic mass is 79.9. The maximum Gasteiger partial charge on any atom is 0.142 e. The van der Waals surface area contributed by atoms with Crippen molar-refractivity contribution in [1.29, 1.82) is 0 Å². The molecule has 2 heterocycles. The quantitative estimate of drug-likeness (QED) is 0.387. The molecule has 4 N–H and O–H groups in total. The zero-order chi connectivity index (χ0) is 11.8. The van der Waals surface area contributed by atoms with Crippen LogP contribution in [0.5, 0.6) is 0 Å². The van der Waals surface area contributed by atoms with Gasteiger partial charge in [-0.05, 0) is 19.3 Å². The number of hydrogen-bond acceptors (Lipinski definition) is 4. The Kier molecular flexibility index (Phi) is 5.37. The van der Waals surface area contributed by atoms with E-state index in [0.717, 1.165) is 32.4 Å². The summed E-state index contributed by atoms with van der Waals surface area (Å²) in [5, 5.41) is 38.7. The third-order valence-corrected chi connectivity index (χ3v) is 4.48. The average molecular weight is 312 g/mol. The first-order chi connectivity index (χ1) is 7.67. The number of hydrogen-bond donors (Lipinski definition) is 4. The summed E-state index contributed by atoms with van der Waals surface area (Å²) in [6.45, 7) is 1.42. The second-order valence-corrected chi connectivity index (χ2v) is 5.09. The summed E-state index contributed by atoms with van der Waals surface area (Å²) in [5.41, 5.74) is 0. The van der Waals surface area contributed by atoms with Crippen molar-refractivity contribution < 1.29 is 41.9 Å². The molecule has 2 fully saturated rings. The van der Waals surface area contributed by atoms with Crippen LogP contribution in [0.15, 0.2) is 0 Å². The first-order valence-electron chi connectivity index (χ1n) is 6.11. The highest BCUT2D eigenvalue weighted by Crippen LogP contribution is 2.37. The molecule has 2 saturated heterocycles. The molecule has 1 spiro atoms. The summed E-state index contributed by atoms with van der Waals surface area (Å²) in [4.78, 5) is 0. The molecule has 0 bridgehead atoms. The monoisotopic (exact) mass is 311 g/mol. The summed E-state index contributed by atoms with van der Waals surface area (Å²) < 4.78 is 0.495. The van der Waals surface area contributed by atoms with Gasteiger partial charge in [-0.1, -0.05) is 0 Å². The Balaban J connectivity index is 0.00000144. The Hall–Kier alpha value is 0.280. The number of nitrogens with zero attached hydrogens (tertiary/aromatic N) is 1. The van der Waals surface area contributed by atoms with Gasteiger partial charge in [-0.3, -0.25) is 0 Å². The Labute approximate surface area is 112 Å². The average Bonchev–Trinajstić information content (AvgIpc) is 2.49. The van der Waals surface area contributed by atoms with E-state index in [2.05, 4.69) is 0 Å². The fourth-order valence-electron chi connectivity index (χ4n) is 3.61. The van der Waals surface area contributed by atoms with Gasteiger partial charge in [0.15, 0.2) is 0 Å². The lowest BCUT2D eigenvalue weighted by molar-refractivity contribution is -0.968. The molecular formula is C11H22BrNO4. The van der Waals surface area contributed by atoms with Crippen LogP contribution in [0.4, 0.5) is 0 Å². The maximum absolute atomic E-state index is 9.94. The molecule has 17 heavy (non-hydrogen) atoms. The van der Waals surface area contributed by atoms with Gasteiger partial charge in [-0.2, -0.15) is 0 Å². The predicted molar refractivity (Wildman–Crippen MR) is 57.6 cm³/mol. The van der Waals surface area contributed by atoms with E-state index in [1.165, 1.54) is 0 Å². The van der Waals surface area contributed by atoms with E-state index in [0.29, 0.717) is 4.48 Å². The van der Waals surface area contributed by atoms with E-state index >= 15 is 0 Å². The van der Waals surface area contributed by atoms with Crippen LogP contribution in [0.3, 0.4) is 0 Å². The Bertz CT molecular complexity index is 230. The van der Waals surface area contributed by atoms with Crippen LogP contribution < -0.4 is 17.0 Å². The molecule has 0 saturated carbocycles. The van der Waals surface area contributed by atoms with Crippen LogP contribution in [-0.4, -0.2) is 75.5 Å². The van der Waals surface area contributed by atoms with Crippen molar-refractivity contribution in [1.82, 2.24) is 0 Å². The summed E-state index contributed by atoms with van der Waals surface area (Å²) in [6.07, 6.45) is 1.39. The minimum Gasteiger partial charge on any atom is -1.00 e. The lowest BCUT2D eigenvalue weighted by Gasteiger charge is -2.46. The molecule has 102 valence electrons. The lowest BCUT2D eigenvalue weighted by atomic mass is 10.0. The molecule has 0 aliphatic carbocycles. The number of quaternary nitrogens is 1. The summed E-state index contributed by atoms with van der Waals surface area (Å²) in [6, 6.07) is -0.681. The molecule has 2 aliphatic rings. The smallest absolute Gasteiger partial charge is 0.142 e. The van der Waals surface area contributed by atoms with E-state index in [-0.39, 0.29) is 42.3 Å². The topological polar surface area (TPSA) is 80.9 Å². The van der Waals surface area contributed by atoms with Gasteiger partial charge >= 0.3 is 0 Å². The van der Waals surface area contributed by atoms with Crippen molar-refractivity contribution in [3.8, 4) is 0 Å². The van der Waals surface area contributed by atoms with Gasteiger partial charge in [0, 0.05) is 0 Å². The fraction of sp³-hybridized carbons (Fsp3) is 1.00. The van der Waals surface area contributed by atoms with Crippen molar-refractivity contribution in [3.05, 3.63) is 0 Å². The first kappa shape index (κ1) is 15.3. The van der Waals surface area contributed by atoms with Crippen LogP contribution in [-0.2, 0) is 0 Å². The zero-order valence-electron chi connectivity index (χ0n) is 9.87. The minimum atomic E-state index is -0.916. The van der Waals surface area contributed by atoms with Crippen LogP contribution in [0.25, 0.3) is 0 Å². The van der Waals surface area contributed by atoms with Crippen molar-refractivity contribution in [2.45, 2.75) is 43.6 Å². The van der Waals surface area contributed by atoms with Gasteiger partial charge < -0.3 is 41.9 Å². The fourth-order valence-corrected chi connectivity index (χ4v) is 3.61. The summed E-state index contributed by atoms with van der Waals surface area (Å²) >= 11 is 0. The molecule has 4 atom stereocenters. The SMILES string of the molecule is OC[C@H]1[C@H](O)[C@@H](O)[C@H](CO)[N+]12CCCCC2.[Br-]. The third-order valence-electron chi connectivity index (χ3n) is 4.48. The predicted octanol–water partition coefficient (Wildman–Crippen LogP) is -4.55. The van der Waals surface area contributed by atoms with E-state index in [1.807, 2.05) is 0 Å². The molecule has 5 nitrogen and oxygen atoms in total. The van der Waals surface area contributed by atoms with E-state index in [1.54, 1.807) is 0 Å². The largest absolute Gasteiger partial charge is 1.00 e. The van der Waals surface area contributed by atoms with Crippen LogP contribution in [0.1, 0.15) is 19.3 Å². The summed E-state index contributed by atoms with van der Waals surface area (Å²) in [5.74, 6) is 0. The zero-order valence-corrected chi connectivity index (χ0v) is 11.5. The molecule has 2 aliphatic heterocycles. The Morgan fingerprint density at radius 1 is 0.824 bits per heavy atom. The molecule has 0 aromatic rings. The molecule has 0 radical (unpaired) electrons. The van der Waals surface area contributed by atoms with Crippen LogP contribution >= 0.6 is 0 Å². The van der Waals surface area contributed by atoms with Gasteiger partial charge in [0.2, 0.25) is 0 Å². The summed E-state index contributed by atoms with van der Waals surface area (Å²) in [7, 11) is 0. The normalized spacial score (nSPS) is 40.2. The number of piperidine rings is 1. The number of rotatable bonds is 2. The highest BCUT2D eigenvalue weighted by Gasteiger charge is 2.59. The van der Waals surface area contributed by atoms with Gasteiger partial charge in [0.05, 0.1) is 26.3 Å². The van der Waals surface area contributed by atoms with Gasteiger partial charge in [0.25, 0.3) is 0 Å². The second-order valence-electron chi connectivity index (χ2n) is 5.09. The van der Waals surface area contributed by atoms with E-state index < -0.39 is 12.2 Å². The van der Waals surface area contributed by atoms with Crippen molar-refractivity contribution >= 4 is 0 Å². The van der Waals surface area contributed by atoms with E-state index in [9.17, 15) is 20.4 Å². The molecule has 6 heteroatoms. The lowest BCUT2D eigenvalue weighted by Crippen LogP contribution is -3.00. The van der Waals surface area contributed by atoms with Gasteiger partial charge in [0.1, 0.15) is 24.3 Å². The van der Waals surface area contributed by atoms with Crippen molar-refractivity contribution in [3.63, 3.8) is 0 Å². The Morgan fingerprint density at radius 3 is 1.59 bits per heavy atom. The van der Waals surface area contributed by atoms with Crippen molar-refractivity contribution in [2.24, 2.45) is 0 Å². The standard InChI is InChI=1S/C11H22NO4.BrH/c13-6-8-10(15)11(16)9(7-14)12(8)4-2-1-3-5-12;/h8-11,13-16H,1-7H2;1H/q+1;/p-1/t8-,9-,10-,11-;/m0./s1. The minimum absolute atomic E-state index is 0. The molecule has 0 amide bonds. The number of halogens is 1. The van der Waals surface area contributed by atoms with E-state index in [4.69, 9.17) is 0 Å². The van der Waals surface area contributed by atoms with Crippen LogP contribution in [0.2, 0.25) is 0 Å². The van der Waals surface area contributed by atoms with Gasteiger partial charge in [-0.25, -0.2) is 0 Å². The van der Waals surface area contributed by atoms with Crippen molar-refractivity contribution in [2.75, 3.05) is 26.3 Å². The molecule has 0 aromatic heterocycles. The Morgan fingerprint density at radius 2 is 1.24 bits per heavy atom. The molecule has 0 aromatic carbocycles. The van der Waals surface area contributed by atoms with Gasteiger partial charge in [-0.15, -0.1) is 0 Å². The second kappa shape index (κ2) is 5.95. The first-order valence-corrected chi connectivity index (χ1v) is 6.11. The maximum atomic E-state index is 9.94. The molecular weight excluding hydrogens is 290 g/mol. The number of aliphatic hydroxyl groups is 4. The number of aliphatic hydroxyl groups excluding tert-OH is 4.